The molecule has 1 aliphatic rings. The van der Waals surface area contributed by atoms with E-state index in [0.717, 1.165) is 30.0 Å². The van der Waals surface area contributed by atoms with E-state index in [2.05, 4.69) is 23.7 Å². The quantitative estimate of drug-likeness (QED) is 0.789. The minimum absolute atomic E-state index is 0.391. The van der Waals surface area contributed by atoms with E-state index in [1.54, 1.807) is 0 Å². The van der Waals surface area contributed by atoms with Crippen LogP contribution >= 0.6 is 11.8 Å². The normalized spacial score (nSPS) is 23.8. The molecule has 3 heterocycles. The first kappa shape index (κ1) is 12.5. The number of hydrogen-bond donors (Lipinski definition) is 0. The summed E-state index contributed by atoms with van der Waals surface area (Å²) in [6.07, 6.45) is 2.80. The summed E-state index contributed by atoms with van der Waals surface area (Å²) in [6, 6.07) is 6.19. The fourth-order valence-corrected chi connectivity index (χ4v) is 3.65. The molecule has 0 bridgehead atoms. The minimum atomic E-state index is 0.391. The van der Waals surface area contributed by atoms with Crippen LogP contribution in [-0.4, -0.2) is 39.3 Å². The molecular weight excluding hydrogens is 258 g/mol. The Hall–Kier alpha value is -1.49. The van der Waals surface area contributed by atoms with E-state index in [9.17, 15) is 4.79 Å². The van der Waals surface area contributed by atoms with Gasteiger partial charge >= 0.3 is 0 Å². The van der Waals surface area contributed by atoms with Gasteiger partial charge in [0.15, 0.2) is 12.1 Å². The number of hydrogen-bond acceptors (Lipinski definition) is 4. The summed E-state index contributed by atoms with van der Waals surface area (Å²) in [4.78, 5) is 18.3. The van der Waals surface area contributed by atoms with Crippen LogP contribution in [0, 0.1) is 0 Å². The lowest BCUT2D eigenvalue weighted by Crippen LogP contribution is -2.45. The molecule has 1 fully saturated rings. The molecule has 3 rings (SSSR count). The van der Waals surface area contributed by atoms with Crippen molar-refractivity contribution in [3.8, 4) is 0 Å². The predicted molar refractivity (Wildman–Crippen MR) is 79.3 cm³/mol. The van der Waals surface area contributed by atoms with Gasteiger partial charge in [0.25, 0.3) is 0 Å². The number of pyridine rings is 1. The van der Waals surface area contributed by atoms with Crippen LogP contribution in [0.1, 0.15) is 24.3 Å². The van der Waals surface area contributed by atoms with E-state index >= 15 is 0 Å². The number of aldehydes is 1. The van der Waals surface area contributed by atoms with E-state index in [-0.39, 0.29) is 0 Å². The molecule has 0 saturated carbocycles. The fraction of sp³-hybridized carbons (Fsp3) is 0.429. The minimum Gasteiger partial charge on any atom is -0.350 e. The maximum absolute atomic E-state index is 11.4. The van der Waals surface area contributed by atoms with E-state index in [4.69, 9.17) is 0 Å². The molecule has 19 heavy (non-hydrogen) atoms. The molecule has 2 unspecified atom stereocenters. The standard InChI is InChI=1S/C14H17N3OS/c1-10-11(2)19-8-7-16(10)14-12(9-18)17-6-4-3-5-13(17)15-14/h3-6,9-11H,7-8H2,1-2H3. The Labute approximate surface area is 116 Å². The van der Waals surface area contributed by atoms with Crippen LogP contribution in [0.15, 0.2) is 24.4 Å². The van der Waals surface area contributed by atoms with Gasteiger partial charge in [-0.3, -0.25) is 9.20 Å². The van der Waals surface area contributed by atoms with Gasteiger partial charge in [0, 0.05) is 29.8 Å². The van der Waals surface area contributed by atoms with Crippen LogP contribution in [-0.2, 0) is 0 Å². The maximum Gasteiger partial charge on any atom is 0.170 e. The molecule has 0 spiro atoms. The molecule has 4 nitrogen and oxygen atoms in total. The Bertz CT molecular complexity index is 610. The molecule has 0 amide bonds. The second kappa shape index (κ2) is 4.89. The molecule has 100 valence electrons. The first-order valence-electron chi connectivity index (χ1n) is 6.53. The van der Waals surface area contributed by atoms with Crippen molar-refractivity contribution in [3.63, 3.8) is 0 Å². The van der Waals surface area contributed by atoms with Gasteiger partial charge < -0.3 is 4.90 Å². The first-order chi connectivity index (χ1) is 9.22. The number of carbonyl (C=O) groups excluding carboxylic acids is 1. The lowest BCUT2D eigenvalue weighted by atomic mass is 10.2. The number of aromatic nitrogens is 2. The summed E-state index contributed by atoms with van der Waals surface area (Å²) in [5, 5.41) is 0.554. The van der Waals surface area contributed by atoms with Gasteiger partial charge in [-0.25, -0.2) is 4.98 Å². The lowest BCUT2D eigenvalue weighted by molar-refractivity contribution is 0.111. The van der Waals surface area contributed by atoms with Gasteiger partial charge in [0.1, 0.15) is 11.3 Å². The molecule has 5 heteroatoms. The third-order valence-corrected chi connectivity index (χ3v) is 5.15. The Morgan fingerprint density at radius 3 is 3.05 bits per heavy atom. The lowest BCUT2D eigenvalue weighted by Gasteiger charge is -2.37. The van der Waals surface area contributed by atoms with E-state index < -0.39 is 0 Å². The predicted octanol–water partition coefficient (Wildman–Crippen LogP) is 2.48. The molecule has 0 N–H and O–H groups in total. The molecular formula is C14H17N3OS. The number of anilines is 1. The van der Waals surface area contributed by atoms with Crippen molar-refractivity contribution in [1.82, 2.24) is 9.38 Å². The first-order valence-corrected chi connectivity index (χ1v) is 7.57. The molecule has 2 atom stereocenters. The van der Waals surface area contributed by atoms with Crippen molar-refractivity contribution >= 4 is 29.5 Å². The van der Waals surface area contributed by atoms with Crippen molar-refractivity contribution in [3.05, 3.63) is 30.1 Å². The Balaban J connectivity index is 2.11. The molecule has 0 aromatic carbocycles. The molecule has 2 aromatic rings. The third-order valence-electron chi connectivity index (χ3n) is 3.82. The van der Waals surface area contributed by atoms with E-state index in [1.807, 2.05) is 40.6 Å². The highest BCUT2D eigenvalue weighted by molar-refractivity contribution is 8.00. The van der Waals surface area contributed by atoms with Gasteiger partial charge in [0.2, 0.25) is 0 Å². The number of rotatable bonds is 2. The summed E-state index contributed by atoms with van der Waals surface area (Å²) in [5.74, 6) is 1.90. The zero-order chi connectivity index (χ0) is 13.4. The largest absolute Gasteiger partial charge is 0.350 e. The van der Waals surface area contributed by atoms with Crippen molar-refractivity contribution < 1.29 is 4.79 Å². The number of fused-ring (bicyclic) bond motifs is 1. The van der Waals surface area contributed by atoms with Crippen LogP contribution in [0.3, 0.4) is 0 Å². The van der Waals surface area contributed by atoms with Gasteiger partial charge in [0.05, 0.1) is 0 Å². The molecule has 1 aliphatic heterocycles. The monoisotopic (exact) mass is 275 g/mol. The zero-order valence-corrected chi connectivity index (χ0v) is 11.9. The van der Waals surface area contributed by atoms with E-state index in [0.29, 0.717) is 17.0 Å². The van der Waals surface area contributed by atoms with Crippen LogP contribution in [0.4, 0.5) is 5.82 Å². The van der Waals surface area contributed by atoms with Gasteiger partial charge in [-0.1, -0.05) is 13.0 Å². The molecule has 2 aromatic heterocycles. The van der Waals surface area contributed by atoms with Crippen molar-refractivity contribution in [1.29, 1.82) is 0 Å². The summed E-state index contributed by atoms with van der Waals surface area (Å²) in [6.45, 7) is 5.38. The number of imidazole rings is 1. The Kier molecular flexibility index (Phi) is 3.22. The number of thioether (sulfide) groups is 1. The zero-order valence-electron chi connectivity index (χ0n) is 11.1. The topological polar surface area (TPSA) is 37.6 Å². The van der Waals surface area contributed by atoms with Crippen molar-refractivity contribution in [2.45, 2.75) is 25.1 Å². The molecule has 0 aliphatic carbocycles. The highest BCUT2D eigenvalue weighted by atomic mass is 32.2. The second-order valence-electron chi connectivity index (χ2n) is 4.88. The molecule has 0 radical (unpaired) electrons. The molecule has 1 saturated heterocycles. The Morgan fingerprint density at radius 2 is 2.26 bits per heavy atom. The second-order valence-corrected chi connectivity index (χ2v) is 6.36. The highest BCUT2D eigenvalue weighted by Crippen LogP contribution is 2.30. The highest BCUT2D eigenvalue weighted by Gasteiger charge is 2.29. The maximum atomic E-state index is 11.4. The summed E-state index contributed by atoms with van der Waals surface area (Å²) in [7, 11) is 0. The fourth-order valence-electron chi connectivity index (χ4n) is 2.56. The van der Waals surface area contributed by atoms with Gasteiger partial charge in [-0.15, -0.1) is 0 Å². The van der Waals surface area contributed by atoms with Gasteiger partial charge in [-0.05, 0) is 19.1 Å². The SMILES string of the molecule is CC1SCCN(c2nc3ccccn3c2C=O)C1C. The average Bonchev–Trinajstić information content (AvgIpc) is 2.80. The van der Waals surface area contributed by atoms with Crippen LogP contribution in [0.2, 0.25) is 0 Å². The summed E-state index contributed by atoms with van der Waals surface area (Å²) < 4.78 is 1.86. The van der Waals surface area contributed by atoms with Gasteiger partial charge in [-0.2, -0.15) is 11.8 Å². The van der Waals surface area contributed by atoms with Crippen LogP contribution in [0.5, 0.6) is 0 Å². The van der Waals surface area contributed by atoms with Crippen molar-refractivity contribution in [2.24, 2.45) is 0 Å². The third kappa shape index (κ3) is 2.02. The number of carbonyl (C=O) groups is 1. The van der Waals surface area contributed by atoms with Crippen molar-refractivity contribution in [2.75, 3.05) is 17.2 Å². The number of nitrogens with zero attached hydrogens (tertiary/aromatic N) is 3. The summed E-state index contributed by atoms with van der Waals surface area (Å²) >= 11 is 1.98. The summed E-state index contributed by atoms with van der Waals surface area (Å²) in [5.41, 5.74) is 1.49. The van der Waals surface area contributed by atoms with E-state index in [1.165, 1.54) is 0 Å². The van der Waals surface area contributed by atoms with Crippen LogP contribution in [0.25, 0.3) is 5.65 Å². The Morgan fingerprint density at radius 1 is 1.42 bits per heavy atom. The van der Waals surface area contributed by atoms with Crippen LogP contribution < -0.4 is 4.90 Å². The smallest absolute Gasteiger partial charge is 0.170 e. The average molecular weight is 275 g/mol.